The van der Waals surface area contributed by atoms with E-state index in [9.17, 15) is 13.2 Å². The number of carbonyl (C=O) groups is 1. The van der Waals surface area contributed by atoms with E-state index in [1.54, 1.807) is 5.51 Å². The van der Waals surface area contributed by atoms with E-state index in [0.717, 1.165) is 10.6 Å². The van der Waals surface area contributed by atoms with Crippen molar-refractivity contribution in [3.8, 4) is 0 Å². The number of thiazole rings is 1. The molecule has 0 aliphatic heterocycles. The molecule has 0 radical (unpaired) electrons. The topological polar surface area (TPSA) is 96.4 Å². The summed E-state index contributed by atoms with van der Waals surface area (Å²) in [5, 5.41) is 8.73. The predicted octanol–water partition coefficient (Wildman–Crippen LogP) is 0.777. The van der Waals surface area contributed by atoms with Crippen molar-refractivity contribution in [2.24, 2.45) is 5.92 Å². The first-order chi connectivity index (χ1) is 8.87. The third-order valence-corrected chi connectivity index (χ3v) is 5.71. The maximum Gasteiger partial charge on any atom is 0.306 e. The number of nitrogens with zero attached hydrogens (tertiary/aromatic N) is 1. The molecule has 19 heavy (non-hydrogen) atoms. The number of aliphatic carboxylic acids is 1. The minimum Gasteiger partial charge on any atom is -0.481 e. The fraction of sp³-hybridized carbons (Fsp3) is 0.636. The van der Waals surface area contributed by atoms with Crippen LogP contribution < -0.4 is 4.72 Å². The summed E-state index contributed by atoms with van der Waals surface area (Å²) in [7, 11) is -3.35. The van der Waals surface area contributed by atoms with Crippen LogP contribution in [-0.2, 0) is 21.2 Å². The largest absolute Gasteiger partial charge is 0.481 e. The van der Waals surface area contributed by atoms with Crippen molar-refractivity contribution in [1.82, 2.24) is 9.71 Å². The molecular formula is C11H16N2O4S2. The number of hydrogen-bond donors (Lipinski definition) is 2. The van der Waals surface area contributed by atoms with Gasteiger partial charge in [0, 0.05) is 10.9 Å². The molecule has 0 amide bonds. The standard InChI is InChI=1S/C11H16N2O4S2/c1-7-10(18-6-12-7)2-3-19(16,17)13-9-4-8(5-9)11(14)15/h6,8-9,13H,2-5H2,1H3,(H,14,15). The molecule has 1 aliphatic rings. The van der Waals surface area contributed by atoms with Gasteiger partial charge in [0.15, 0.2) is 0 Å². The Bertz CT molecular complexity index is 561. The Labute approximate surface area is 115 Å². The van der Waals surface area contributed by atoms with Gasteiger partial charge in [-0.2, -0.15) is 0 Å². The van der Waals surface area contributed by atoms with Crippen molar-refractivity contribution in [1.29, 1.82) is 0 Å². The number of hydrogen-bond acceptors (Lipinski definition) is 5. The third kappa shape index (κ3) is 3.74. The first-order valence-electron chi connectivity index (χ1n) is 5.99. The van der Waals surface area contributed by atoms with E-state index in [1.165, 1.54) is 11.3 Å². The van der Waals surface area contributed by atoms with Crippen molar-refractivity contribution in [2.75, 3.05) is 5.75 Å². The molecule has 1 saturated carbocycles. The molecule has 1 aromatic heterocycles. The first kappa shape index (κ1) is 14.4. The van der Waals surface area contributed by atoms with Gasteiger partial charge in [0.25, 0.3) is 0 Å². The van der Waals surface area contributed by atoms with Gasteiger partial charge < -0.3 is 5.11 Å². The van der Waals surface area contributed by atoms with Gasteiger partial charge in [-0.1, -0.05) is 0 Å². The van der Waals surface area contributed by atoms with E-state index >= 15 is 0 Å². The molecule has 1 heterocycles. The Hall–Kier alpha value is -0.990. The zero-order chi connectivity index (χ0) is 14.0. The van der Waals surface area contributed by atoms with Gasteiger partial charge in [-0.3, -0.25) is 4.79 Å². The molecule has 2 N–H and O–H groups in total. The van der Waals surface area contributed by atoms with Crippen LogP contribution in [0.4, 0.5) is 0 Å². The monoisotopic (exact) mass is 304 g/mol. The van der Waals surface area contributed by atoms with Crippen LogP contribution >= 0.6 is 11.3 Å². The van der Waals surface area contributed by atoms with Crippen LogP contribution in [0.3, 0.4) is 0 Å². The first-order valence-corrected chi connectivity index (χ1v) is 8.52. The molecule has 1 fully saturated rings. The highest BCUT2D eigenvalue weighted by atomic mass is 32.2. The SMILES string of the molecule is Cc1ncsc1CCS(=O)(=O)NC1CC(C(=O)O)C1. The number of carboxylic acids is 1. The lowest BCUT2D eigenvalue weighted by Gasteiger charge is -2.32. The Balaban J connectivity index is 1.80. The molecule has 1 aromatic rings. The third-order valence-electron chi connectivity index (χ3n) is 3.28. The van der Waals surface area contributed by atoms with Crippen LogP contribution in [0.2, 0.25) is 0 Å². The van der Waals surface area contributed by atoms with Gasteiger partial charge in [0.05, 0.1) is 22.9 Å². The molecule has 1 aliphatic carbocycles. The van der Waals surface area contributed by atoms with Crippen LogP contribution in [0.25, 0.3) is 0 Å². The summed E-state index contributed by atoms with van der Waals surface area (Å²) in [5.41, 5.74) is 2.57. The number of aromatic nitrogens is 1. The number of sulfonamides is 1. The van der Waals surface area contributed by atoms with Crippen LogP contribution in [0.1, 0.15) is 23.4 Å². The Morgan fingerprint density at radius 1 is 1.58 bits per heavy atom. The van der Waals surface area contributed by atoms with Crippen LogP contribution in [-0.4, -0.2) is 36.3 Å². The van der Waals surface area contributed by atoms with Gasteiger partial charge in [-0.25, -0.2) is 18.1 Å². The molecule has 2 rings (SSSR count). The van der Waals surface area contributed by atoms with E-state index in [4.69, 9.17) is 5.11 Å². The maximum atomic E-state index is 11.8. The molecule has 106 valence electrons. The highest BCUT2D eigenvalue weighted by molar-refractivity contribution is 7.89. The number of carboxylic acid groups (broad SMARTS) is 1. The number of rotatable bonds is 6. The van der Waals surface area contributed by atoms with E-state index in [1.807, 2.05) is 6.92 Å². The molecule has 0 saturated heterocycles. The number of nitrogens with one attached hydrogen (secondary N) is 1. The summed E-state index contributed by atoms with van der Waals surface area (Å²) >= 11 is 1.45. The number of aryl methyl sites for hydroxylation is 2. The molecular weight excluding hydrogens is 288 g/mol. The van der Waals surface area contributed by atoms with E-state index in [0.29, 0.717) is 19.3 Å². The summed E-state index contributed by atoms with van der Waals surface area (Å²) < 4.78 is 26.2. The Kier molecular flexibility index (Phi) is 4.22. The maximum absolute atomic E-state index is 11.8. The second-order valence-corrected chi connectivity index (χ2v) is 7.56. The van der Waals surface area contributed by atoms with Crippen molar-refractivity contribution in [2.45, 2.75) is 32.2 Å². The summed E-state index contributed by atoms with van der Waals surface area (Å²) in [4.78, 5) is 15.7. The lowest BCUT2D eigenvalue weighted by atomic mass is 9.81. The Morgan fingerprint density at radius 3 is 2.79 bits per heavy atom. The molecule has 0 bridgehead atoms. The van der Waals surface area contributed by atoms with Gasteiger partial charge in [-0.15, -0.1) is 11.3 Å². The van der Waals surface area contributed by atoms with Crippen molar-refractivity contribution < 1.29 is 18.3 Å². The second-order valence-electron chi connectivity index (χ2n) is 4.75. The molecule has 8 heteroatoms. The van der Waals surface area contributed by atoms with Crippen LogP contribution in [0.15, 0.2) is 5.51 Å². The van der Waals surface area contributed by atoms with Gasteiger partial charge >= 0.3 is 5.97 Å². The van der Waals surface area contributed by atoms with Crippen molar-refractivity contribution >= 4 is 27.3 Å². The van der Waals surface area contributed by atoms with E-state index in [2.05, 4.69) is 9.71 Å². The highest BCUT2D eigenvalue weighted by Crippen LogP contribution is 2.28. The average Bonchev–Trinajstić information content (AvgIpc) is 2.66. The molecule has 0 atom stereocenters. The zero-order valence-electron chi connectivity index (χ0n) is 10.5. The second kappa shape index (κ2) is 5.56. The van der Waals surface area contributed by atoms with Gasteiger partial charge in [-0.05, 0) is 26.2 Å². The lowest BCUT2D eigenvalue weighted by Crippen LogP contribution is -2.47. The van der Waals surface area contributed by atoms with Crippen LogP contribution in [0, 0.1) is 12.8 Å². The van der Waals surface area contributed by atoms with E-state index < -0.39 is 21.9 Å². The highest BCUT2D eigenvalue weighted by Gasteiger charge is 2.36. The quantitative estimate of drug-likeness (QED) is 0.809. The molecule has 0 aromatic carbocycles. The summed E-state index contributed by atoms with van der Waals surface area (Å²) in [6.07, 6.45) is 1.21. The fourth-order valence-corrected chi connectivity index (χ4v) is 4.22. The van der Waals surface area contributed by atoms with Gasteiger partial charge in [0.1, 0.15) is 0 Å². The Morgan fingerprint density at radius 2 is 2.26 bits per heavy atom. The van der Waals surface area contributed by atoms with E-state index in [-0.39, 0.29) is 11.8 Å². The van der Waals surface area contributed by atoms with Crippen molar-refractivity contribution in [3.63, 3.8) is 0 Å². The molecule has 0 unspecified atom stereocenters. The molecule has 6 nitrogen and oxygen atoms in total. The minimum absolute atomic E-state index is 0.0181. The predicted molar refractivity (Wildman–Crippen MR) is 71.6 cm³/mol. The normalized spacial score (nSPS) is 23.0. The van der Waals surface area contributed by atoms with Gasteiger partial charge in [0.2, 0.25) is 10.0 Å². The molecule has 0 spiro atoms. The summed E-state index contributed by atoms with van der Waals surface area (Å²) in [6.45, 7) is 1.86. The van der Waals surface area contributed by atoms with Crippen molar-refractivity contribution in [3.05, 3.63) is 16.1 Å². The summed E-state index contributed by atoms with van der Waals surface area (Å²) in [6, 6.07) is -0.228. The minimum atomic E-state index is -3.35. The smallest absolute Gasteiger partial charge is 0.306 e. The summed E-state index contributed by atoms with van der Waals surface area (Å²) in [5.74, 6) is -1.24. The average molecular weight is 304 g/mol. The zero-order valence-corrected chi connectivity index (χ0v) is 12.1. The van der Waals surface area contributed by atoms with Crippen LogP contribution in [0.5, 0.6) is 0 Å². The lowest BCUT2D eigenvalue weighted by molar-refractivity contribution is -0.145. The fourth-order valence-electron chi connectivity index (χ4n) is 2.02.